The van der Waals surface area contributed by atoms with Crippen LogP contribution in [0, 0.1) is 13.8 Å². The van der Waals surface area contributed by atoms with Crippen LogP contribution in [0.4, 0.5) is 11.4 Å². The monoisotopic (exact) mass is 304 g/mol. The lowest BCUT2D eigenvalue weighted by atomic mass is 10.2. The lowest BCUT2D eigenvalue weighted by molar-refractivity contribution is 0.591. The second-order valence-electron chi connectivity index (χ2n) is 5.00. The zero-order valence-corrected chi connectivity index (χ0v) is 13.3. The first-order chi connectivity index (χ1) is 9.87. The van der Waals surface area contributed by atoms with Crippen LogP contribution in [0.1, 0.15) is 18.1 Å². The van der Waals surface area contributed by atoms with Crippen LogP contribution in [0.15, 0.2) is 47.4 Å². The van der Waals surface area contributed by atoms with Gasteiger partial charge in [-0.3, -0.25) is 4.31 Å². The Morgan fingerprint density at radius 3 is 2.33 bits per heavy atom. The third-order valence-electron chi connectivity index (χ3n) is 3.39. The molecule has 0 spiro atoms. The van der Waals surface area contributed by atoms with Crippen LogP contribution in [0.5, 0.6) is 0 Å². The summed E-state index contributed by atoms with van der Waals surface area (Å²) < 4.78 is 27.2. The quantitative estimate of drug-likeness (QED) is 0.883. The van der Waals surface area contributed by atoms with Crippen LogP contribution < -0.4 is 10.0 Å². The van der Waals surface area contributed by atoms with Crippen molar-refractivity contribution in [1.29, 1.82) is 0 Å². The first-order valence-electron chi connectivity index (χ1n) is 6.82. The highest BCUT2D eigenvalue weighted by molar-refractivity contribution is 7.92. The van der Waals surface area contributed by atoms with E-state index < -0.39 is 10.0 Å². The Balaban J connectivity index is 2.58. The lowest BCUT2D eigenvalue weighted by Gasteiger charge is -2.25. The Bertz CT molecular complexity index is 755. The van der Waals surface area contributed by atoms with Crippen molar-refractivity contribution in [3.05, 3.63) is 53.6 Å². The fourth-order valence-corrected chi connectivity index (χ4v) is 4.10. The average molecular weight is 304 g/mol. The van der Waals surface area contributed by atoms with Gasteiger partial charge in [-0.1, -0.05) is 29.8 Å². The van der Waals surface area contributed by atoms with Gasteiger partial charge in [-0.2, -0.15) is 0 Å². The van der Waals surface area contributed by atoms with Crippen LogP contribution in [0.3, 0.4) is 0 Å². The van der Waals surface area contributed by atoms with Gasteiger partial charge in [0.25, 0.3) is 10.0 Å². The molecule has 0 saturated carbocycles. The predicted octanol–water partition coefficient (Wildman–Crippen LogP) is 3.10. The van der Waals surface area contributed by atoms with Crippen LogP contribution in [0.2, 0.25) is 0 Å². The zero-order valence-electron chi connectivity index (χ0n) is 12.5. The highest BCUT2D eigenvalue weighted by Crippen LogP contribution is 2.29. The fourth-order valence-electron chi connectivity index (χ4n) is 2.39. The number of benzene rings is 2. The molecule has 0 amide bonds. The summed E-state index contributed by atoms with van der Waals surface area (Å²) in [6.45, 7) is 5.87. The van der Waals surface area contributed by atoms with E-state index in [9.17, 15) is 8.42 Å². The second-order valence-corrected chi connectivity index (χ2v) is 6.83. The number of nitrogen functional groups attached to an aromatic ring is 1. The summed E-state index contributed by atoms with van der Waals surface area (Å²) in [5, 5.41) is 0. The van der Waals surface area contributed by atoms with E-state index in [4.69, 9.17) is 5.73 Å². The summed E-state index contributed by atoms with van der Waals surface area (Å²) in [5.74, 6) is 0. The van der Waals surface area contributed by atoms with Gasteiger partial charge in [0.15, 0.2) is 0 Å². The van der Waals surface area contributed by atoms with Crippen molar-refractivity contribution in [1.82, 2.24) is 0 Å². The Hall–Kier alpha value is -2.01. The molecular formula is C16H20N2O2S. The Morgan fingerprint density at radius 1 is 1.10 bits per heavy atom. The van der Waals surface area contributed by atoms with E-state index in [2.05, 4.69) is 0 Å². The van der Waals surface area contributed by atoms with Crippen molar-refractivity contribution >= 4 is 21.4 Å². The van der Waals surface area contributed by atoms with Crippen molar-refractivity contribution in [3.63, 3.8) is 0 Å². The van der Waals surface area contributed by atoms with E-state index in [0.717, 1.165) is 11.1 Å². The zero-order chi connectivity index (χ0) is 15.6. The topological polar surface area (TPSA) is 63.4 Å². The number of rotatable bonds is 4. The number of hydrogen-bond donors (Lipinski definition) is 1. The molecule has 0 saturated heterocycles. The van der Waals surface area contributed by atoms with Gasteiger partial charge in [-0.15, -0.1) is 0 Å². The van der Waals surface area contributed by atoms with Crippen molar-refractivity contribution < 1.29 is 8.42 Å². The molecule has 0 aliphatic carbocycles. The molecule has 0 bridgehead atoms. The highest BCUT2D eigenvalue weighted by atomic mass is 32.2. The maximum atomic E-state index is 12.9. The normalized spacial score (nSPS) is 11.4. The molecule has 4 nitrogen and oxygen atoms in total. The first-order valence-corrected chi connectivity index (χ1v) is 8.26. The smallest absolute Gasteiger partial charge is 0.264 e. The molecule has 0 fully saturated rings. The van der Waals surface area contributed by atoms with E-state index in [0.29, 0.717) is 22.8 Å². The highest BCUT2D eigenvalue weighted by Gasteiger charge is 2.26. The lowest BCUT2D eigenvalue weighted by Crippen LogP contribution is -2.31. The maximum Gasteiger partial charge on any atom is 0.264 e. The number of aryl methyl sites for hydroxylation is 2. The summed E-state index contributed by atoms with van der Waals surface area (Å²) in [6.07, 6.45) is 0. The number of anilines is 2. The molecule has 0 heterocycles. The maximum absolute atomic E-state index is 12.9. The molecule has 0 radical (unpaired) electrons. The molecule has 5 heteroatoms. The summed E-state index contributed by atoms with van der Waals surface area (Å²) in [7, 11) is -3.62. The Kier molecular flexibility index (Phi) is 4.23. The third-order valence-corrected chi connectivity index (χ3v) is 5.44. The average Bonchev–Trinajstić information content (AvgIpc) is 2.41. The molecule has 0 aromatic heterocycles. The molecule has 2 rings (SSSR count). The Morgan fingerprint density at radius 2 is 1.76 bits per heavy atom. The molecule has 2 N–H and O–H groups in total. The number of nitrogens with zero attached hydrogens (tertiary/aromatic N) is 1. The van der Waals surface area contributed by atoms with Gasteiger partial charge in [-0.25, -0.2) is 8.42 Å². The van der Waals surface area contributed by atoms with Crippen molar-refractivity contribution in [2.45, 2.75) is 25.7 Å². The molecule has 2 aromatic rings. The second kappa shape index (κ2) is 5.77. The van der Waals surface area contributed by atoms with E-state index >= 15 is 0 Å². The van der Waals surface area contributed by atoms with Crippen molar-refractivity contribution in [2.24, 2.45) is 0 Å². The Labute approximate surface area is 126 Å². The van der Waals surface area contributed by atoms with Gasteiger partial charge in [0.2, 0.25) is 0 Å². The summed E-state index contributed by atoms with van der Waals surface area (Å²) in [5.41, 5.74) is 8.67. The molecule has 0 aliphatic rings. The van der Waals surface area contributed by atoms with Gasteiger partial charge in [-0.05, 0) is 44.5 Å². The molecule has 112 valence electrons. The molecule has 21 heavy (non-hydrogen) atoms. The van der Waals surface area contributed by atoms with Crippen LogP contribution in [0.25, 0.3) is 0 Å². The van der Waals surface area contributed by atoms with E-state index in [1.54, 1.807) is 37.3 Å². The van der Waals surface area contributed by atoms with E-state index in [-0.39, 0.29) is 0 Å². The first kappa shape index (κ1) is 15.4. The molecule has 0 atom stereocenters. The molecule has 0 unspecified atom stereocenters. The van der Waals surface area contributed by atoms with Gasteiger partial charge in [0, 0.05) is 6.54 Å². The van der Waals surface area contributed by atoms with Crippen molar-refractivity contribution in [3.8, 4) is 0 Å². The minimum absolute atomic E-state index is 0.318. The summed E-state index contributed by atoms with van der Waals surface area (Å²) in [6, 6.07) is 12.3. The number of hydrogen-bond acceptors (Lipinski definition) is 3. The molecule has 2 aromatic carbocycles. The molecular weight excluding hydrogens is 284 g/mol. The third kappa shape index (κ3) is 2.88. The van der Waals surface area contributed by atoms with Gasteiger partial charge >= 0.3 is 0 Å². The molecule has 0 aliphatic heterocycles. The van der Waals surface area contributed by atoms with Crippen molar-refractivity contribution in [2.75, 3.05) is 16.6 Å². The van der Waals surface area contributed by atoms with Crippen LogP contribution in [-0.4, -0.2) is 15.0 Å². The summed E-state index contributed by atoms with van der Waals surface area (Å²) in [4.78, 5) is 0.318. The van der Waals surface area contributed by atoms with Gasteiger partial charge in [0.05, 0.1) is 16.3 Å². The van der Waals surface area contributed by atoms with Gasteiger partial charge < -0.3 is 5.73 Å². The minimum atomic E-state index is -3.62. The predicted molar refractivity (Wildman–Crippen MR) is 87.0 cm³/mol. The van der Waals surface area contributed by atoms with E-state index in [1.807, 2.05) is 26.0 Å². The number of para-hydroxylation sites is 2. The van der Waals surface area contributed by atoms with E-state index in [1.165, 1.54) is 4.31 Å². The number of sulfonamides is 1. The standard InChI is InChI=1S/C16H20N2O2S/c1-4-18(15-8-6-5-7-14(15)17)21(19,20)16-10-9-12(2)11-13(16)3/h5-11H,4,17H2,1-3H3. The fraction of sp³-hybridized carbons (Fsp3) is 0.250. The number of nitrogens with two attached hydrogens (primary N) is 1. The van der Waals surface area contributed by atoms with Gasteiger partial charge in [0.1, 0.15) is 0 Å². The van der Waals surface area contributed by atoms with Crippen LogP contribution >= 0.6 is 0 Å². The SMILES string of the molecule is CCN(c1ccccc1N)S(=O)(=O)c1ccc(C)cc1C. The van der Waals surface area contributed by atoms with Crippen LogP contribution in [-0.2, 0) is 10.0 Å². The minimum Gasteiger partial charge on any atom is -0.397 e. The summed E-state index contributed by atoms with van der Waals surface area (Å²) >= 11 is 0. The largest absolute Gasteiger partial charge is 0.397 e.